The lowest BCUT2D eigenvalue weighted by atomic mass is 9.65. The van der Waals surface area contributed by atoms with E-state index >= 15 is 0 Å². The summed E-state index contributed by atoms with van der Waals surface area (Å²) in [5.41, 5.74) is 9.14. The van der Waals surface area contributed by atoms with Crippen molar-refractivity contribution in [3.05, 3.63) is 90.2 Å². The van der Waals surface area contributed by atoms with Gasteiger partial charge < -0.3 is 19.6 Å². The maximum atomic E-state index is 4.74. The van der Waals surface area contributed by atoms with Crippen molar-refractivity contribution in [1.82, 2.24) is 14.9 Å². The standard InChI is InChI=1S/C29H30N6/c1-5-29(6-2)20-12-8-10-14-22(20)35-23-17-30-18-31-26(23)33(4)28(35)24-25(29)19-11-7-9-13-21(19)34-16-15-32(3)27(24)34/h7-18,27-28H,5-6H2,1-4H3. The van der Waals surface area contributed by atoms with E-state index < -0.39 is 0 Å². The van der Waals surface area contributed by atoms with Crippen LogP contribution in [-0.2, 0) is 5.41 Å². The molecule has 0 amide bonds. The van der Waals surface area contributed by atoms with E-state index in [9.17, 15) is 0 Å². The lowest BCUT2D eigenvalue weighted by Gasteiger charge is -2.46. The van der Waals surface area contributed by atoms with Crippen molar-refractivity contribution in [1.29, 1.82) is 0 Å². The fourth-order valence-electron chi connectivity index (χ4n) is 7.10. The second-order valence-corrected chi connectivity index (χ2v) is 9.98. The molecule has 35 heavy (non-hydrogen) atoms. The zero-order chi connectivity index (χ0) is 23.9. The summed E-state index contributed by atoms with van der Waals surface area (Å²) < 4.78 is 0. The lowest BCUT2D eigenvalue weighted by molar-refractivity contribution is 0.379. The third-order valence-corrected chi connectivity index (χ3v) is 8.65. The molecule has 4 aliphatic rings. The van der Waals surface area contributed by atoms with Gasteiger partial charge in [0.25, 0.3) is 0 Å². The molecule has 5 heterocycles. The average Bonchev–Trinajstić information content (AvgIpc) is 3.40. The Morgan fingerprint density at radius 1 is 0.857 bits per heavy atom. The van der Waals surface area contributed by atoms with Gasteiger partial charge in [-0.3, -0.25) is 0 Å². The number of rotatable bonds is 2. The van der Waals surface area contributed by atoms with Gasteiger partial charge in [-0.2, -0.15) is 0 Å². The van der Waals surface area contributed by atoms with Gasteiger partial charge in [-0.25, -0.2) is 9.97 Å². The molecule has 1 aromatic heterocycles. The summed E-state index contributed by atoms with van der Waals surface area (Å²) in [6.07, 6.45) is 10.2. The van der Waals surface area contributed by atoms with Crippen LogP contribution in [0.3, 0.4) is 0 Å². The minimum Gasteiger partial charge on any atom is -0.355 e. The number of allylic oxidation sites excluding steroid dienone is 1. The molecule has 0 spiro atoms. The predicted molar refractivity (Wildman–Crippen MR) is 142 cm³/mol. The number of hydrogen-bond acceptors (Lipinski definition) is 6. The Balaban J connectivity index is 1.66. The van der Waals surface area contributed by atoms with Crippen molar-refractivity contribution in [2.24, 2.45) is 0 Å². The minimum absolute atomic E-state index is 0.000955. The number of benzene rings is 2. The van der Waals surface area contributed by atoms with Crippen LogP contribution in [-0.4, -0.2) is 41.3 Å². The van der Waals surface area contributed by atoms with Gasteiger partial charge in [-0.05, 0) is 36.1 Å². The number of hydrogen-bond donors (Lipinski definition) is 0. The first-order chi connectivity index (χ1) is 17.1. The van der Waals surface area contributed by atoms with Crippen molar-refractivity contribution < 1.29 is 0 Å². The van der Waals surface area contributed by atoms with Crippen molar-refractivity contribution in [3.8, 4) is 0 Å². The third kappa shape index (κ3) is 2.39. The smallest absolute Gasteiger partial charge is 0.157 e. The highest BCUT2D eigenvalue weighted by Gasteiger charge is 2.54. The van der Waals surface area contributed by atoms with Crippen LogP contribution >= 0.6 is 0 Å². The van der Waals surface area contributed by atoms with Crippen LogP contribution in [0.5, 0.6) is 0 Å². The molecule has 2 aromatic carbocycles. The third-order valence-electron chi connectivity index (χ3n) is 8.65. The largest absolute Gasteiger partial charge is 0.355 e. The first kappa shape index (κ1) is 20.6. The van der Waals surface area contributed by atoms with Gasteiger partial charge >= 0.3 is 0 Å². The predicted octanol–water partition coefficient (Wildman–Crippen LogP) is 5.48. The number of nitrogens with zero attached hydrogens (tertiary/aromatic N) is 6. The maximum absolute atomic E-state index is 4.74. The molecule has 7 rings (SSSR count). The van der Waals surface area contributed by atoms with Crippen LogP contribution in [0.2, 0.25) is 0 Å². The lowest BCUT2D eigenvalue weighted by Crippen LogP contribution is -2.52. The minimum atomic E-state index is -0.113. The van der Waals surface area contributed by atoms with Gasteiger partial charge in [-0.15, -0.1) is 0 Å². The highest BCUT2D eigenvalue weighted by molar-refractivity contribution is 5.96. The second kappa shape index (κ2) is 7.11. The first-order valence-corrected chi connectivity index (χ1v) is 12.6. The van der Waals surface area contributed by atoms with Crippen molar-refractivity contribution in [2.45, 2.75) is 44.4 Å². The topological polar surface area (TPSA) is 38.7 Å². The Kier molecular flexibility index (Phi) is 4.17. The SMILES string of the molecule is CCC1(CC)C2=C(C3N(C)C=CN3c3ccccc32)C2N(C)c3ncncc3N2c2ccccc21. The molecule has 0 bridgehead atoms. The van der Waals surface area contributed by atoms with Gasteiger partial charge in [0.05, 0.1) is 11.9 Å². The van der Waals surface area contributed by atoms with Gasteiger partial charge in [0.2, 0.25) is 0 Å². The van der Waals surface area contributed by atoms with Gasteiger partial charge in [0.15, 0.2) is 5.82 Å². The van der Waals surface area contributed by atoms with Crippen molar-refractivity contribution in [2.75, 3.05) is 28.8 Å². The van der Waals surface area contributed by atoms with E-state index in [0.29, 0.717) is 0 Å². The van der Waals surface area contributed by atoms with Gasteiger partial charge in [0, 0.05) is 48.7 Å². The van der Waals surface area contributed by atoms with Crippen molar-refractivity contribution >= 4 is 28.5 Å². The molecular formula is C29H30N6. The maximum Gasteiger partial charge on any atom is 0.157 e. The summed E-state index contributed by atoms with van der Waals surface area (Å²) in [6, 6.07) is 18.0. The van der Waals surface area contributed by atoms with E-state index in [1.807, 2.05) is 6.20 Å². The van der Waals surface area contributed by atoms with Gasteiger partial charge in [-0.1, -0.05) is 50.2 Å². The Labute approximate surface area is 206 Å². The van der Waals surface area contributed by atoms with Gasteiger partial charge in [0.1, 0.15) is 24.3 Å². The molecule has 2 atom stereocenters. The summed E-state index contributed by atoms with van der Waals surface area (Å²) in [5.74, 6) is 0.978. The molecule has 0 saturated carbocycles. The molecule has 0 saturated heterocycles. The fraction of sp³-hybridized carbons (Fsp3) is 0.310. The number of aromatic nitrogens is 2. The van der Waals surface area contributed by atoms with Crippen LogP contribution < -0.4 is 14.7 Å². The molecule has 6 heteroatoms. The van der Waals surface area contributed by atoms with E-state index in [1.165, 1.54) is 33.6 Å². The first-order valence-electron chi connectivity index (χ1n) is 12.6. The van der Waals surface area contributed by atoms with E-state index in [-0.39, 0.29) is 17.7 Å². The zero-order valence-corrected chi connectivity index (χ0v) is 20.7. The molecule has 0 fully saturated rings. The summed E-state index contributed by atoms with van der Waals surface area (Å²) in [6.45, 7) is 4.71. The summed E-state index contributed by atoms with van der Waals surface area (Å²) in [7, 11) is 4.38. The van der Waals surface area contributed by atoms with E-state index in [2.05, 4.69) is 113 Å². The summed E-state index contributed by atoms with van der Waals surface area (Å²) in [4.78, 5) is 18.8. The number of fused-ring (bicyclic) bond motifs is 11. The van der Waals surface area contributed by atoms with Crippen LogP contribution in [0.4, 0.5) is 22.9 Å². The van der Waals surface area contributed by atoms with Crippen molar-refractivity contribution in [3.63, 3.8) is 0 Å². The zero-order valence-electron chi connectivity index (χ0n) is 20.7. The molecule has 3 aromatic rings. The molecule has 0 aliphatic carbocycles. The molecule has 4 aliphatic heterocycles. The molecular weight excluding hydrogens is 432 g/mol. The quantitative estimate of drug-likeness (QED) is 0.502. The number of para-hydroxylation sites is 2. The Hall–Kier alpha value is -3.80. The van der Waals surface area contributed by atoms with Crippen LogP contribution in [0.15, 0.2) is 79.0 Å². The molecule has 2 unspecified atom stereocenters. The van der Waals surface area contributed by atoms with E-state index in [1.54, 1.807) is 6.33 Å². The van der Waals surface area contributed by atoms with E-state index in [4.69, 9.17) is 4.98 Å². The Morgan fingerprint density at radius 2 is 1.60 bits per heavy atom. The Morgan fingerprint density at radius 3 is 2.40 bits per heavy atom. The molecule has 0 radical (unpaired) electrons. The average molecular weight is 463 g/mol. The monoisotopic (exact) mass is 462 g/mol. The fourth-order valence-corrected chi connectivity index (χ4v) is 7.10. The van der Waals surface area contributed by atoms with Crippen LogP contribution in [0.25, 0.3) is 5.57 Å². The van der Waals surface area contributed by atoms with Crippen LogP contribution in [0, 0.1) is 0 Å². The van der Waals surface area contributed by atoms with E-state index in [0.717, 1.165) is 24.3 Å². The normalized spacial score (nSPS) is 22.9. The summed E-state index contributed by atoms with van der Waals surface area (Å²) in [5, 5.41) is 0. The highest BCUT2D eigenvalue weighted by Crippen LogP contribution is 2.60. The number of anilines is 4. The molecule has 6 nitrogen and oxygen atoms in total. The second-order valence-electron chi connectivity index (χ2n) is 9.98. The molecule has 176 valence electrons. The highest BCUT2D eigenvalue weighted by atomic mass is 15.5. The number of likely N-dealkylation sites (N-methyl/N-ethyl adjacent to an activating group) is 2. The van der Waals surface area contributed by atoms with Crippen LogP contribution in [0.1, 0.15) is 37.8 Å². The Bertz CT molecular complexity index is 1400. The summed E-state index contributed by atoms with van der Waals surface area (Å²) >= 11 is 0. The molecule has 0 N–H and O–H groups in total.